The third-order valence-electron chi connectivity index (χ3n) is 3.08. The van der Waals surface area contributed by atoms with Gasteiger partial charge in [-0.15, -0.1) is 11.8 Å². The average molecular weight is 365 g/mol. The van der Waals surface area contributed by atoms with Crippen molar-refractivity contribution < 1.29 is 15.0 Å². The zero-order chi connectivity index (χ0) is 17.5. The summed E-state index contributed by atoms with van der Waals surface area (Å²) in [5, 5.41) is 23.1. The summed E-state index contributed by atoms with van der Waals surface area (Å²) in [6.07, 6.45) is 1.55. The second-order valence-electron chi connectivity index (χ2n) is 4.90. The molecule has 0 bridgehead atoms. The number of amides is 1. The molecule has 126 valence electrons. The first-order chi connectivity index (χ1) is 11.5. The van der Waals surface area contributed by atoms with Gasteiger partial charge < -0.3 is 10.2 Å². The molecule has 0 atom stereocenters. The molecule has 0 saturated heterocycles. The summed E-state index contributed by atoms with van der Waals surface area (Å²) in [4.78, 5) is 13.0. The molecule has 0 radical (unpaired) electrons. The van der Waals surface area contributed by atoms with Gasteiger partial charge in [0.2, 0.25) is 5.91 Å². The number of nitrogens with one attached hydrogen (secondary N) is 1. The number of thioether (sulfide) groups is 1. The van der Waals surface area contributed by atoms with Gasteiger partial charge in [0.1, 0.15) is 0 Å². The number of phenols is 2. The molecule has 2 aromatic carbocycles. The molecule has 2 rings (SSSR count). The van der Waals surface area contributed by atoms with Crippen LogP contribution in [0.4, 0.5) is 0 Å². The van der Waals surface area contributed by atoms with Crippen molar-refractivity contribution in [2.45, 2.75) is 18.2 Å². The summed E-state index contributed by atoms with van der Waals surface area (Å²) in [6.45, 7) is 2.04. The highest BCUT2D eigenvalue weighted by Crippen LogP contribution is 2.26. The van der Waals surface area contributed by atoms with Gasteiger partial charge in [-0.1, -0.05) is 18.5 Å². The van der Waals surface area contributed by atoms with Crippen LogP contribution >= 0.6 is 23.4 Å². The maximum absolute atomic E-state index is 12.0. The van der Waals surface area contributed by atoms with Crippen LogP contribution in [0.25, 0.3) is 0 Å². The van der Waals surface area contributed by atoms with E-state index in [1.54, 1.807) is 30.0 Å². The van der Waals surface area contributed by atoms with E-state index < -0.39 is 0 Å². The normalized spacial score (nSPS) is 10.9. The molecular formula is C17H17ClN2O3S. The predicted molar refractivity (Wildman–Crippen MR) is 97.1 cm³/mol. The van der Waals surface area contributed by atoms with Crippen molar-refractivity contribution in [3.8, 4) is 11.5 Å². The van der Waals surface area contributed by atoms with Crippen molar-refractivity contribution in [3.05, 3.63) is 52.5 Å². The van der Waals surface area contributed by atoms with Gasteiger partial charge in [-0.3, -0.25) is 4.79 Å². The van der Waals surface area contributed by atoms with Crippen LogP contribution in [0.5, 0.6) is 11.5 Å². The van der Waals surface area contributed by atoms with Gasteiger partial charge >= 0.3 is 0 Å². The quantitative estimate of drug-likeness (QED) is 0.317. The summed E-state index contributed by atoms with van der Waals surface area (Å²) in [7, 11) is 0. The lowest BCUT2D eigenvalue weighted by molar-refractivity contribution is -0.120. The highest BCUT2D eigenvalue weighted by molar-refractivity contribution is 7.99. The number of phenolic OH excluding ortho intramolecular Hbond substituents is 2. The maximum Gasteiger partial charge on any atom is 0.244 e. The highest BCUT2D eigenvalue weighted by atomic mass is 35.5. The lowest BCUT2D eigenvalue weighted by Gasteiger charge is -2.08. The van der Waals surface area contributed by atoms with E-state index in [-0.39, 0.29) is 23.8 Å². The van der Waals surface area contributed by atoms with Crippen molar-refractivity contribution in [3.63, 3.8) is 0 Å². The number of benzene rings is 2. The summed E-state index contributed by atoms with van der Waals surface area (Å²) in [6, 6.07) is 9.74. The lowest BCUT2D eigenvalue weighted by Crippen LogP contribution is -2.20. The van der Waals surface area contributed by atoms with E-state index in [0.717, 1.165) is 16.2 Å². The van der Waals surface area contributed by atoms with Crippen LogP contribution in [-0.2, 0) is 11.2 Å². The first-order valence-electron chi connectivity index (χ1n) is 7.24. The number of aromatic hydroxyl groups is 2. The Morgan fingerprint density at radius 1 is 1.25 bits per heavy atom. The Labute approximate surface area is 149 Å². The third-order valence-corrected chi connectivity index (χ3v) is 4.31. The average Bonchev–Trinajstić information content (AvgIpc) is 2.53. The molecule has 0 unspecified atom stereocenters. The molecular weight excluding hydrogens is 348 g/mol. The first kappa shape index (κ1) is 18.2. The molecule has 24 heavy (non-hydrogen) atoms. The van der Waals surface area contributed by atoms with Crippen molar-refractivity contribution in [2.24, 2.45) is 5.10 Å². The molecule has 5 nitrogen and oxygen atoms in total. The smallest absolute Gasteiger partial charge is 0.244 e. The molecule has 7 heteroatoms. The van der Waals surface area contributed by atoms with Gasteiger partial charge in [0.25, 0.3) is 0 Å². The Balaban J connectivity index is 1.99. The van der Waals surface area contributed by atoms with Crippen LogP contribution in [0.3, 0.4) is 0 Å². The molecule has 2 aromatic rings. The van der Waals surface area contributed by atoms with Crippen LogP contribution in [0.1, 0.15) is 18.1 Å². The van der Waals surface area contributed by atoms with E-state index in [9.17, 15) is 15.0 Å². The summed E-state index contributed by atoms with van der Waals surface area (Å²) in [5.41, 5.74) is 3.84. The van der Waals surface area contributed by atoms with Gasteiger partial charge in [-0.25, -0.2) is 5.43 Å². The summed E-state index contributed by atoms with van der Waals surface area (Å²) in [5.74, 6) is 0.177. The van der Waals surface area contributed by atoms with Crippen LogP contribution in [0.15, 0.2) is 46.4 Å². The van der Waals surface area contributed by atoms with Crippen molar-refractivity contribution in [2.75, 3.05) is 5.75 Å². The largest absolute Gasteiger partial charge is 0.504 e. The standard InChI is InChI=1S/C17H17ClN2O3S/c1-2-24-16-6-4-13(18)8-12(16)9-17(23)20-19-10-11-3-5-14(21)15(22)7-11/h3-8,10,21-22H,2,9H2,1H3,(H,20,23)/b19-10-. The molecule has 0 aliphatic rings. The second-order valence-corrected chi connectivity index (χ2v) is 6.65. The van der Waals surface area contributed by atoms with Crippen molar-refractivity contribution in [1.29, 1.82) is 0 Å². The molecule has 0 fully saturated rings. The van der Waals surface area contributed by atoms with Crippen LogP contribution in [0, 0.1) is 0 Å². The number of rotatable bonds is 6. The van der Waals surface area contributed by atoms with E-state index in [1.165, 1.54) is 18.3 Å². The molecule has 0 saturated carbocycles. The van der Waals surface area contributed by atoms with Gasteiger partial charge in [0.15, 0.2) is 11.5 Å². The number of carbonyl (C=O) groups is 1. The SMILES string of the molecule is CCSc1ccc(Cl)cc1CC(=O)N/N=C\c1ccc(O)c(O)c1. The molecule has 0 aliphatic heterocycles. The zero-order valence-electron chi connectivity index (χ0n) is 13.0. The molecule has 1 amide bonds. The Morgan fingerprint density at radius 2 is 2.04 bits per heavy atom. The maximum atomic E-state index is 12.0. The number of hydrogen-bond donors (Lipinski definition) is 3. The minimum atomic E-state index is -0.269. The van der Waals surface area contributed by atoms with E-state index in [0.29, 0.717) is 10.6 Å². The highest BCUT2D eigenvalue weighted by Gasteiger charge is 2.08. The van der Waals surface area contributed by atoms with Crippen LogP contribution < -0.4 is 5.43 Å². The Hall–Kier alpha value is -2.18. The van der Waals surface area contributed by atoms with Crippen molar-refractivity contribution in [1.82, 2.24) is 5.43 Å². The number of nitrogens with zero attached hydrogens (tertiary/aromatic N) is 1. The monoisotopic (exact) mass is 364 g/mol. The fourth-order valence-electron chi connectivity index (χ4n) is 1.99. The first-order valence-corrected chi connectivity index (χ1v) is 8.61. The summed E-state index contributed by atoms with van der Waals surface area (Å²) < 4.78 is 0. The molecule has 0 aromatic heterocycles. The zero-order valence-corrected chi connectivity index (χ0v) is 14.6. The topological polar surface area (TPSA) is 81.9 Å². The van der Waals surface area contributed by atoms with Gasteiger partial charge in [0.05, 0.1) is 12.6 Å². The van der Waals surface area contributed by atoms with Crippen LogP contribution in [0.2, 0.25) is 5.02 Å². The minimum Gasteiger partial charge on any atom is -0.504 e. The van der Waals surface area contributed by atoms with Crippen molar-refractivity contribution >= 4 is 35.5 Å². The Bertz CT molecular complexity index is 765. The van der Waals surface area contributed by atoms with E-state index >= 15 is 0 Å². The van der Waals surface area contributed by atoms with Gasteiger partial charge in [-0.05, 0) is 53.3 Å². The van der Waals surface area contributed by atoms with Crippen LogP contribution in [-0.4, -0.2) is 28.1 Å². The second kappa shape index (κ2) is 8.61. The molecule has 0 spiro atoms. The lowest BCUT2D eigenvalue weighted by atomic mass is 10.1. The van der Waals surface area contributed by atoms with Gasteiger partial charge in [0, 0.05) is 9.92 Å². The van der Waals surface area contributed by atoms with E-state index in [1.807, 2.05) is 13.0 Å². The van der Waals surface area contributed by atoms with E-state index in [4.69, 9.17) is 11.6 Å². The Morgan fingerprint density at radius 3 is 2.75 bits per heavy atom. The number of hydrazone groups is 1. The fourth-order valence-corrected chi connectivity index (χ4v) is 2.98. The third kappa shape index (κ3) is 5.18. The fraction of sp³-hybridized carbons (Fsp3) is 0.176. The van der Waals surface area contributed by atoms with E-state index in [2.05, 4.69) is 10.5 Å². The minimum absolute atomic E-state index is 0.168. The number of hydrogen-bond acceptors (Lipinski definition) is 5. The number of carbonyl (C=O) groups excluding carboxylic acids is 1. The molecule has 0 aliphatic carbocycles. The summed E-state index contributed by atoms with van der Waals surface area (Å²) >= 11 is 7.65. The van der Waals surface area contributed by atoms with Gasteiger partial charge in [-0.2, -0.15) is 5.10 Å². The molecule has 3 N–H and O–H groups in total. The Kier molecular flexibility index (Phi) is 6.52. The predicted octanol–water partition coefficient (Wildman–Crippen LogP) is 3.56. The molecule has 0 heterocycles. The number of halogens is 1.